The summed E-state index contributed by atoms with van der Waals surface area (Å²) < 4.78 is 5.51. The average Bonchev–Trinajstić information content (AvgIpc) is 3.19. The zero-order valence-corrected chi connectivity index (χ0v) is 19.6. The highest BCUT2D eigenvalue weighted by molar-refractivity contribution is 6.39. The van der Waals surface area contributed by atoms with Gasteiger partial charge in [-0.2, -0.15) is 0 Å². The van der Waals surface area contributed by atoms with E-state index in [1.165, 1.54) is 18.2 Å². The molecule has 0 bridgehead atoms. The Bertz CT molecular complexity index is 1070. The SMILES string of the molecule is CC(=O)Nc1cccc(NC(=O)C(=O)NC[C@@H](c2ccc3c(c2)CCN3C)N2CCOCC2)c1. The van der Waals surface area contributed by atoms with Crippen LogP contribution in [0.4, 0.5) is 17.1 Å². The summed E-state index contributed by atoms with van der Waals surface area (Å²) in [5.74, 6) is -1.67. The largest absolute Gasteiger partial charge is 0.379 e. The van der Waals surface area contributed by atoms with Crippen LogP contribution in [0, 0.1) is 0 Å². The third-order valence-electron chi connectivity index (χ3n) is 6.21. The Balaban J connectivity index is 1.42. The van der Waals surface area contributed by atoms with Crippen LogP contribution < -0.4 is 20.9 Å². The molecule has 9 heteroatoms. The zero-order chi connectivity index (χ0) is 24.1. The second kappa shape index (κ2) is 10.7. The predicted octanol–water partition coefficient (Wildman–Crippen LogP) is 1.77. The van der Waals surface area contributed by atoms with Gasteiger partial charge in [0.05, 0.1) is 19.3 Å². The Morgan fingerprint density at radius 3 is 2.44 bits per heavy atom. The van der Waals surface area contributed by atoms with Crippen molar-refractivity contribution >= 4 is 34.8 Å². The van der Waals surface area contributed by atoms with Crippen molar-refractivity contribution in [3.05, 3.63) is 53.6 Å². The molecule has 2 heterocycles. The maximum Gasteiger partial charge on any atom is 0.313 e. The van der Waals surface area contributed by atoms with E-state index in [2.05, 4.69) is 51.0 Å². The van der Waals surface area contributed by atoms with Crippen LogP contribution in [0.3, 0.4) is 0 Å². The van der Waals surface area contributed by atoms with Gasteiger partial charge < -0.3 is 25.6 Å². The number of fused-ring (bicyclic) bond motifs is 1. The van der Waals surface area contributed by atoms with Gasteiger partial charge in [-0.15, -0.1) is 0 Å². The summed E-state index contributed by atoms with van der Waals surface area (Å²) in [5, 5.41) is 8.06. The van der Waals surface area contributed by atoms with Crippen LogP contribution in [0.25, 0.3) is 0 Å². The molecule has 0 spiro atoms. The number of anilines is 3. The zero-order valence-electron chi connectivity index (χ0n) is 19.6. The minimum Gasteiger partial charge on any atom is -0.379 e. The van der Waals surface area contributed by atoms with E-state index in [1.807, 2.05) is 0 Å². The van der Waals surface area contributed by atoms with E-state index in [0.29, 0.717) is 31.1 Å². The maximum absolute atomic E-state index is 12.6. The Morgan fingerprint density at radius 1 is 0.971 bits per heavy atom. The van der Waals surface area contributed by atoms with E-state index in [1.54, 1.807) is 24.3 Å². The van der Waals surface area contributed by atoms with Crippen molar-refractivity contribution in [1.82, 2.24) is 10.2 Å². The molecule has 1 fully saturated rings. The molecule has 2 aromatic rings. The summed E-state index contributed by atoms with van der Waals surface area (Å²) in [6, 6.07) is 13.1. The van der Waals surface area contributed by atoms with Crippen molar-refractivity contribution in [3.63, 3.8) is 0 Å². The molecule has 34 heavy (non-hydrogen) atoms. The number of carbonyl (C=O) groups excluding carboxylic acids is 3. The van der Waals surface area contributed by atoms with Crippen LogP contribution in [-0.2, 0) is 25.5 Å². The molecule has 0 aliphatic carbocycles. The van der Waals surface area contributed by atoms with E-state index in [-0.39, 0.29) is 11.9 Å². The topological polar surface area (TPSA) is 103 Å². The second-order valence-corrected chi connectivity index (χ2v) is 8.65. The number of hydrogen-bond donors (Lipinski definition) is 3. The van der Waals surface area contributed by atoms with Crippen LogP contribution in [0.5, 0.6) is 0 Å². The molecule has 9 nitrogen and oxygen atoms in total. The highest BCUT2D eigenvalue weighted by Crippen LogP contribution is 2.31. The molecule has 3 N–H and O–H groups in total. The minimum atomic E-state index is -0.753. The molecule has 4 rings (SSSR count). The van der Waals surface area contributed by atoms with Crippen molar-refractivity contribution in [2.75, 3.05) is 62.0 Å². The molecular formula is C25H31N5O4. The fourth-order valence-corrected chi connectivity index (χ4v) is 4.48. The molecule has 180 valence electrons. The number of hydrogen-bond acceptors (Lipinski definition) is 6. The molecule has 2 aromatic carbocycles. The lowest BCUT2D eigenvalue weighted by atomic mass is 10.0. The normalized spacial score (nSPS) is 16.5. The van der Waals surface area contributed by atoms with Gasteiger partial charge in [-0.3, -0.25) is 19.3 Å². The number of morpholine rings is 1. The van der Waals surface area contributed by atoms with Gasteiger partial charge in [-0.05, 0) is 41.8 Å². The van der Waals surface area contributed by atoms with Crippen molar-refractivity contribution in [1.29, 1.82) is 0 Å². The van der Waals surface area contributed by atoms with Crippen LogP contribution in [0.2, 0.25) is 0 Å². The van der Waals surface area contributed by atoms with E-state index < -0.39 is 11.8 Å². The first-order valence-electron chi connectivity index (χ1n) is 11.5. The standard InChI is InChI=1S/C25H31N5O4/c1-17(31)27-20-4-3-5-21(15-20)28-25(33)24(32)26-16-23(30-10-12-34-13-11-30)18-6-7-22-19(14-18)8-9-29(22)2/h3-7,14-15,23H,8-13,16H2,1-2H3,(H,26,32)(H,27,31)(H,28,33)/t23-/m0/s1. The Kier molecular flexibility index (Phi) is 7.44. The quantitative estimate of drug-likeness (QED) is 0.562. The monoisotopic (exact) mass is 465 g/mol. The summed E-state index contributed by atoms with van der Waals surface area (Å²) in [6.07, 6.45) is 1.00. The molecule has 2 aliphatic heterocycles. The van der Waals surface area contributed by atoms with Gasteiger partial charge >= 0.3 is 11.8 Å². The van der Waals surface area contributed by atoms with Crippen molar-refractivity contribution in [2.45, 2.75) is 19.4 Å². The Labute approximate surface area is 199 Å². The van der Waals surface area contributed by atoms with Crippen LogP contribution in [-0.4, -0.2) is 69.1 Å². The van der Waals surface area contributed by atoms with E-state index in [9.17, 15) is 14.4 Å². The summed E-state index contributed by atoms with van der Waals surface area (Å²) in [7, 11) is 2.09. The van der Waals surface area contributed by atoms with Crippen LogP contribution >= 0.6 is 0 Å². The van der Waals surface area contributed by atoms with E-state index >= 15 is 0 Å². The van der Waals surface area contributed by atoms with E-state index in [0.717, 1.165) is 31.6 Å². The van der Waals surface area contributed by atoms with Gasteiger partial charge in [0.1, 0.15) is 0 Å². The number of benzene rings is 2. The molecule has 0 aromatic heterocycles. The fraction of sp³-hybridized carbons (Fsp3) is 0.400. The number of nitrogens with zero attached hydrogens (tertiary/aromatic N) is 2. The molecule has 1 saturated heterocycles. The summed E-state index contributed by atoms with van der Waals surface area (Å²) >= 11 is 0. The number of likely N-dealkylation sites (N-methyl/N-ethyl adjacent to an activating group) is 1. The second-order valence-electron chi connectivity index (χ2n) is 8.65. The molecule has 0 saturated carbocycles. The van der Waals surface area contributed by atoms with Crippen molar-refractivity contribution in [2.24, 2.45) is 0 Å². The third kappa shape index (κ3) is 5.73. The Hall–Kier alpha value is -3.43. The first-order valence-corrected chi connectivity index (χ1v) is 11.5. The molecule has 1 atom stereocenters. The molecule has 0 unspecified atom stereocenters. The van der Waals surface area contributed by atoms with Crippen LogP contribution in [0.15, 0.2) is 42.5 Å². The lowest BCUT2D eigenvalue weighted by Crippen LogP contribution is -2.45. The van der Waals surface area contributed by atoms with Gasteiger partial charge in [-0.1, -0.05) is 18.2 Å². The number of carbonyl (C=O) groups is 3. The van der Waals surface area contributed by atoms with Crippen molar-refractivity contribution in [3.8, 4) is 0 Å². The predicted molar refractivity (Wildman–Crippen MR) is 131 cm³/mol. The lowest BCUT2D eigenvalue weighted by molar-refractivity contribution is -0.136. The first-order chi connectivity index (χ1) is 16.4. The minimum absolute atomic E-state index is 0.0556. The van der Waals surface area contributed by atoms with Crippen LogP contribution in [0.1, 0.15) is 24.1 Å². The average molecular weight is 466 g/mol. The third-order valence-corrected chi connectivity index (χ3v) is 6.21. The lowest BCUT2D eigenvalue weighted by Gasteiger charge is -2.35. The fourth-order valence-electron chi connectivity index (χ4n) is 4.48. The summed E-state index contributed by atoms with van der Waals surface area (Å²) in [5.41, 5.74) is 4.65. The summed E-state index contributed by atoms with van der Waals surface area (Å²) in [6.45, 7) is 5.53. The van der Waals surface area contributed by atoms with Gasteiger partial charge in [0.15, 0.2) is 0 Å². The molecule has 3 amide bonds. The first kappa shape index (κ1) is 23.7. The van der Waals surface area contributed by atoms with Gasteiger partial charge in [0.2, 0.25) is 5.91 Å². The maximum atomic E-state index is 12.6. The number of ether oxygens (including phenoxy) is 1. The molecular weight excluding hydrogens is 434 g/mol. The van der Waals surface area contributed by atoms with Gasteiger partial charge in [0, 0.05) is 57.2 Å². The Morgan fingerprint density at radius 2 is 1.71 bits per heavy atom. The summed E-state index contributed by atoms with van der Waals surface area (Å²) in [4.78, 5) is 40.9. The highest BCUT2D eigenvalue weighted by Gasteiger charge is 2.26. The number of nitrogens with one attached hydrogen (secondary N) is 3. The van der Waals surface area contributed by atoms with Gasteiger partial charge in [-0.25, -0.2) is 0 Å². The number of rotatable bonds is 6. The highest BCUT2D eigenvalue weighted by atomic mass is 16.5. The number of amides is 3. The van der Waals surface area contributed by atoms with E-state index in [4.69, 9.17) is 4.74 Å². The molecule has 0 radical (unpaired) electrons. The van der Waals surface area contributed by atoms with Crippen molar-refractivity contribution < 1.29 is 19.1 Å². The van der Waals surface area contributed by atoms with Gasteiger partial charge in [0.25, 0.3) is 0 Å². The smallest absolute Gasteiger partial charge is 0.313 e. The molecule has 2 aliphatic rings.